The van der Waals surface area contributed by atoms with Crippen LogP contribution < -0.4 is 5.32 Å². The predicted molar refractivity (Wildman–Crippen MR) is 102 cm³/mol. The maximum absolute atomic E-state index is 13.1. The molecule has 3 rings (SSSR count). The number of anilines is 1. The average Bonchev–Trinajstić information content (AvgIpc) is 2.86. The summed E-state index contributed by atoms with van der Waals surface area (Å²) in [5, 5.41) is 3.69. The van der Waals surface area contributed by atoms with Crippen LogP contribution in [0.4, 0.5) is 9.39 Å². The standard InChI is InChI=1S/C17H21FN4O3S2/c1-12-15(16(19-2)26-20-12)17(23)21-8-3-9-22(11-10-21)27(24,25)14-6-4-13(18)5-7-14/h4-7,19H,3,8-11H2,1-2H3. The van der Waals surface area contributed by atoms with Gasteiger partial charge in [0, 0.05) is 33.2 Å². The lowest BCUT2D eigenvalue weighted by Gasteiger charge is -2.22. The van der Waals surface area contributed by atoms with Crippen LogP contribution in [0.1, 0.15) is 22.5 Å². The maximum atomic E-state index is 13.1. The normalized spacial score (nSPS) is 16.2. The SMILES string of the molecule is CNc1snc(C)c1C(=O)N1CCCN(S(=O)(=O)c2ccc(F)cc2)CC1. The van der Waals surface area contributed by atoms with Crippen molar-refractivity contribution in [1.82, 2.24) is 13.6 Å². The third kappa shape index (κ3) is 3.97. The Balaban J connectivity index is 1.76. The quantitative estimate of drug-likeness (QED) is 0.832. The molecule has 0 saturated carbocycles. The lowest BCUT2D eigenvalue weighted by molar-refractivity contribution is 0.0764. The molecule has 1 aromatic carbocycles. The molecule has 0 spiro atoms. The summed E-state index contributed by atoms with van der Waals surface area (Å²) in [4.78, 5) is 14.6. The number of aryl methyl sites for hydroxylation is 1. The van der Waals surface area contributed by atoms with Gasteiger partial charge in [0.05, 0.1) is 16.2 Å². The Bertz CT molecular complexity index is 928. The number of carbonyl (C=O) groups excluding carboxylic acids is 1. The van der Waals surface area contributed by atoms with Gasteiger partial charge in [-0.25, -0.2) is 12.8 Å². The van der Waals surface area contributed by atoms with E-state index < -0.39 is 15.8 Å². The second kappa shape index (κ2) is 7.91. The van der Waals surface area contributed by atoms with Gasteiger partial charge in [-0.15, -0.1) is 0 Å². The van der Waals surface area contributed by atoms with E-state index in [4.69, 9.17) is 0 Å². The van der Waals surface area contributed by atoms with Gasteiger partial charge in [0.1, 0.15) is 10.8 Å². The van der Waals surface area contributed by atoms with Crippen molar-refractivity contribution in [2.45, 2.75) is 18.2 Å². The number of aromatic nitrogens is 1. The first-order chi connectivity index (χ1) is 12.8. The zero-order valence-electron chi connectivity index (χ0n) is 15.1. The topological polar surface area (TPSA) is 82.6 Å². The molecular formula is C17H21FN4O3S2. The van der Waals surface area contributed by atoms with Crippen molar-refractivity contribution in [3.05, 3.63) is 41.3 Å². The summed E-state index contributed by atoms with van der Waals surface area (Å²) in [6.45, 7) is 3.04. The molecule has 7 nitrogen and oxygen atoms in total. The van der Waals surface area contributed by atoms with Gasteiger partial charge in [-0.1, -0.05) is 0 Å². The first-order valence-electron chi connectivity index (χ1n) is 8.53. The Morgan fingerprint density at radius 1 is 1.19 bits per heavy atom. The fourth-order valence-corrected chi connectivity index (χ4v) is 5.25. The number of sulfonamides is 1. The fourth-order valence-electron chi connectivity index (χ4n) is 3.04. The summed E-state index contributed by atoms with van der Waals surface area (Å²) in [5.41, 5.74) is 1.20. The van der Waals surface area contributed by atoms with E-state index in [0.29, 0.717) is 35.8 Å². The van der Waals surface area contributed by atoms with Crippen molar-refractivity contribution in [2.24, 2.45) is 0 Å². The first-order valence-corrected chi connectivity index (χ1v) is 10.7. The third-order valence-electron chi connectivity index (χ3n) is 4.50. The monoisotopic (exact) mass is 412 g/mol. The lowest BCUT2D eigenvalue weighted by Crippen LogP contribution is -2.37. The molecule has 1 N–H and O–H groups in total. The van der Waals surface area contributed by atoms with E-state index in [1.165, 1.54) is 28.0 Å². The molecule has 1 fully saturated rings. The van der Waals surface area contributed by atoms with Crippen LogP contribution in [-0.4, -0.2) is 61.1 Å². The maximum Gasteiger partial charge on any atom is 0.258 e. The summed E-state index contributed by atoms with van der Waals surface area (Å²) in [7, 11) is -1.98. The molecule has 2 aromatic rings. The summed E-state index contributed by atoms with van der Waals surface area (Å²) in [6.07, 6.45) is 0.525. The highest BCUT2D eigenvalue weighted by Crippen LogP contribution is 2.26. The van der Waals surface area contributed by atoms with Crippen LogP contribution in [0.25, 0.3) is 0 Å². The Labute approximate surface area is 162 Å². The minimum Gasteiger partial charge on any atom is -0.378 e. The van der Waals surface area contributed by atoms with Crippen LogP contribution in [0.5, 0.6) is 0 Å². The van der Waals surface area contributed by atoms with E-state index in [1.54, 1.807) is 18.9 Å². The lowest BCUT2D eigenvalue weighted by atomic mass is 10.2. The van der Waals surface area contributed by atoms with E-state index in [-0.39, 0.29) is 23.9 Å². The van der Waals surface area contributed by atoms with Gasteiger partial charge in [0.25, 0.3) is 5.91 Å². The Morgan fingerprint density at radius 3 is 2.56 bits per heavy atom. The molecule has 27 heavy (non-hydrogen) atoms. The van der Waals surface area contributed by atoms with Gasteiger partial charge >= 0.3 is 0 Å². The molecule has 2 heterocycles. The van der Waals surface area contributed by atoms with Gasteiger partial charge in [0.15, 0.2) is 0 Å². The summed E-state index contributed by atoms with van der Waals surface area (Å²) >= 11 is 1.23. The highest BCUT2D eigenvalue weighted by atomic mass is 32.2. The summed E-state index contributed by atoms with van der Waals surface area (Å²) < 4.78 is 44.2. The number of carbonyl (C=O) groups is 1. The van der Waals surface area contributed by atoms with Gasteiger partial charge in [-0.3, -0.25) is 4.79 Å². The van der Waals surface area contributed by atoms with E-state index in [1.807, 2.05) is 0 Å². The Kier molecular flexibility index (Phi) is 5.78. The number of nitrogens with one attached hydrogen (secondary N) is 1. The number of halogens is 1. The first kappa shape index (κ1) is 19.7. The molecule has 1 aliphatic heterocycles. The molecule has 1 amide bonds. The van der Waals surface area contributed by atoms with E-state index in [9.17, 15) is 17.6 Å². The third-order valence-corrected chi connectivity index (χ3v) is 7.37. The molecule has 1 saturated heterocycles. The van der Waals surface area contributed by atoms with Gasteiger partial charge < -0.3 is 10.2 Å². The van der Waals surface area contributed by atoms with Crippen LogP contribution in [-0.2, 0) is 10.0 Å². The molecule has 0 bridgehead atoms. The number of hydrogen-bond donors (Lipinski definition) is 1. The van der Waals surface area contributed by atoms with Crippen LogP contribution in [0.15, 0.2) is 29.2 Å². The van der Waals surface area contributed by atoms with Crippen LogP contribution in [0.2, 0.25) is 0 Å². The molecule has 0 atom stereocenters. The van der Waals surface area contributed by atoms with Crippen molar-refractivity contribution in [3.8, 4) is 0 Å². The number of amides is 1. The second-order valence-corrected chi connectivity index (χ2v) is 8.94. The van der Waals surface area contributed by atoms with E-state index in [2.05, 4.69) is 9.69 Å². The largest absolute Gasteiger partial charge is 0.378 e. The smallest absolute Gasteiger partial charge is 0.258 e. The molecule has 0 radical (unpaired) electrons. The average molecular weight is 413 g/mol. The molecular weight excluding hydrogens is 391 g/mol. The molecule has 10 heteroatoms. The van der Waals surface area contributed by atoms with E-state index >= 15 is 0 Å². The second-order valence-electron chi connectivity index (χ2n) is 6.23. The molecule has 0 unspecified atom stereocenters. The number of hydrogen-bond acceptors (Lipinski definition) is 6. The van der Waals surface area contributed by atoms with Crippen molar-refractivity contribution in [1.29, 1.82) is 0 Å². The Hall–Kier alpha value is -2.04. The van der Waals surface area contributed by atoms with Gasteiger partial charge in [0.2, 0.25) is 10.0 Å². The fraction of sp³-hybridized carbons (Fsp3) is 0.412. The Morgan fingerprint density at radius 2 is 1.89 bits per heavy atom. The van der Waals surface area contributed by atoms with Crippen LogP contribution in [0.3, 0.4) is 0 Å². The number of rotatable bonds is 4. The highest BCUT2D eigenvalue weighted by Gasteiger charge is 2.30. The number of nitrogens with zero attached hydrogens (tertiary/aromatic N) is 3. The predicted octanol–water partition coefficient (Wildman–Crippen LogP) is 2.17. The molecule has 1 aliphatic rings. The van der Waals surface area contributed by atoms with Crippen molar-refractivity contribution in [2.75, 3.05) is 38.5 Å². The zero-order chi connectivity index (χ0) is 19.6. The minimum atomic E-state index is -3.72. The summed E-state index contributed by atoms with van der Waals surface area (Å²) in [5.74, 6) is -0.631. The highest BCUT2D eigenvalue weighted by molar-refractivity contribution is 7.89. The summed E-state index contributed by atoms with van der Waals surface area (Å²) in [6, 6.07) is 4.79. The van der Waals surface area contributed by atoms with Gasteiger partial charge in [-0.05, 0) is 49.1 Å². The van der Waals surface area contributed by atoms with Crippen molar-refractivity contribution < 1.29 is 17.6 Å². The zero-order valence-corrected chi connectivity index (χ0v) is 16.7. The van der Waals surface area contributed by atoms with Crippen molar-refractivity contribution in [3.63, 3.8) is 0 Å². The van der Waals surface area contributed by atoms with Crippen LogP contribution >= 0.6 is 11.5 Å². The molecule has 0 aliphatic carbocycles. The van der Waals surface area contributed by atoms with Crippen molar-refractivity contribution >= 4 is 32.5 Å². The number of benzene rings is 1. The molecule has 146 valence electrons. The minimum absolute atomic E-state index is 0.0547. The van der Waals surface area contributed by atoms with Crippen LogP contribution in [0, 0.1) is 12.7 Å². The van der Waals surface area contributed by atoms with E-state index in [0.717, 1.165) is 12.1 Å². The van der Waals surface area contributed by atoms with Gasteiger partial charge in [-0.2, -0.15) is 8.68 Å². The molecule has 1 aromatic heterocycles.